The van der Waals surface area contributed by atoms with Gasteiger partial charge in [0.1, 0.15) is 15.6 Å². The van der Waals surface area contributed by atoms with E-state index in [0.29, 0.717) is 17.2 Å². The first-order valence-electron chi connectivity index (χ1n) is 7.18. The van der Waals surface area contributed by atoms with Gasteiger partial charge in [-0.25, -0.2) is 4.98 Å². The molecule has 0 aliphatic carbocycles. The first-order valence-corrected chi connectivity index (χ1v) is 7.99. The molecule has 1 amide bonds. The SMILES string of the molecule is CCOc1ccc(-c2nc(C)c(C(=O)NCC(C)O)s2)cc1. The van der Waals surface area contributed by atoms with Crippen LogP contribution in [0, 0.1) is 6.92 Å². The highest BCUT2D eigenvalue weighted by Gasteiger charge is 2.16. The van der Waals surface area contributed by atoms with Gasteiger partial charge in [0.05, 0.1) is 18.4 Å². The lowest BCUT2D eigenvalue weighted by molar-refractivity contribution is 0.0927. The van der Waals surface area contributed by atoms with E-state index in [0.717, 1.165) is 16.3 Å². The van der Waals surface area contributed by atoms with E-state index in [-0.39, 0.29) is 12.5 Å². The summed E-state index contributed by atoms with van der Waals surface area (Å²) in [6.45, 7) is 6.24. The molecule has 2 rings (SSSR count). The summed E-state index contributed by atoms with van der Waals surface area (Å²) in [7, 11) is 0. The number of aryl methyl sites for hydroxylation is 1. The van der Waals surface area contributed by atoms with Crippen LogP contribution in [0.3, 0.4) is 0 Å². The zero-order valence-electron chi connectivity index (χ0n) is 12.9. The minimum atomic E-state index is -0.567. The third-order valence-corrected chi connectivity index (χ3v) is 4.18. The number of carbonyl (C=O) groups excluding carboxylic acids is 1. The molecule has 0 aliphatic heterocycles. The lowest BCUT2D eigenvalue weighted by Gasteiger charge is -2.05. The van der Waals surface area contributed by atoms with Crippen molar-refractivity contribution in [1.29, 1.82) is 0 Å². The number of carbonyl (C=O) groups is 1. The number of ether oxygens (including phenoxy) is 1. The molecule has 0 spiro atoms. The summed E-state index contributed by atoms with van der Waals surface area (Å²) in [5, 5.41) is 12.7. The Hall–Kier alpha value is -1.92. The van der Waals surface area contributed by atoms with Crippen LogP contribution < -0.4 is 10.1 Å². The van der Waals surface area contributed by atoms with Crippen molar-refractivity contribution in [2.75, 3.05) is 13.2 Å². The molecule has 0 aliphatic rings. The Bertz CT molecular complexity index is 635. The molecule has 0 saturated heterocycles. The molecule has 1 atom stereocenters. The zero-order chi connectivity index (χ0) is 16.1. The summed E-state index contributed by atoms with van der Waals surface area (Å²) < 4.78 is 5.41. The topological polar surface area (TPSA) is 71.5 Å². The summed E-state index contributed by atoms with van der Waals surface area (Å²) in [4.78, 5) is 17.1. The van der Waals surface area contributed by atoms with Crippen LogP contribution in [0.2, 0.25) is 0 Å². The lowest BCUT2D eigenvalue weighted by Crippen LogP contribution is -2.30. The van der Waals surface area contributed by atoms with Crippen LogP contribution in [0.25, 0.3) is 10.6 Å². The van der Waals surface area contributed by atoms with Gasteiger partial charge >= 0.3 is 0 Å². The molecule has 2 aromatic rings. The highest BCUT2D eigenvalue weighted by Crippen LogP contribution is 2.29. The molecule has 22 heavy (non-hydrogen) atoms. The van der Waals surface area contributed by atoms with Crippen molar-refractivity contribution in [1.82, 2.24) is 10.3 Å². The fraction of sp³-hybridized carbons (Fsp3) is 0.375. The Labute approximate surface area is 134 Å². The molecular weight excluding hydrogens is 300 g/mol. The van der Waals surface area contributed by atoms with Crippen LogP contribution in [-0.4, -0.2) is 35.3 Å². The summed E-state index contributed by atoms with van der Waals surface area (Å²) in [5.41, 5.74) is 1.64. The number of aliphatic hydroxyl groups excluding tert-OH is 1. The quantitative estimate of drug-likeness (QED) is 0.858. The predicted octanol–water partition coefficient (Wildman–Crippen LogP) is 2.63. The number of aromatic nitrogens is 1. The first kappa shape index (κ1) is 16.5. The standard InChI is InChI=1S/C16H20N2O3S/c1-4-21-13-7-5-12(6-8-13)16-18-11(3)14(22-16)15(20)17-9-10(2)19/h5-8,10,19H,4,9H2,1-3H3,(H,17,20). The number of amides is 1. The van der Waals surface area contributed by atoms with E-state index in [1.165, 1.54) is 11.3 Å². The van der Waals surface area contributed by atoms with Crippen molar-refractivity contribution in [3.8, 4) is 16.3 Å². The molecule has 0 saturated carbocycles. The third kappa shape index (κ3) is 4.05. The highest BCUT2D eigenvalue weighted by molar-refractivity contribution is 7.17. The van der Waals surface area contributed by atoms with Gasteiger partial charge in [-0.2, -0.15) is 0 Å². The average molecular weight is 320 g/mol. The Morgan fingerprint density at radius 2 is 2.09 bits per heavy atom. The summed E-state index contributed by atoms with van der Waals surface area (Å²) in [5.74, 6) is 0.613. The van der Waals surface area contributed by atoms with E-state index >= 15 is 0 Å². The van der Waals surface area contributed by atoms with E-state index in [1.807, 2.05) is 38.1 Å². The maximum absolute atomic E-state index is 12.1. The monoisotopic (exact) mass is 320 g/mol. The molecule has 1 aromatic heterocycles. The minimum Gasteiger partial charge on any atom is -0.494 e. The molecule has 0 bridgehead atoms. The van der Waals surface area contributed by atoms with Crippen LogP contribution in [0.5, 0.6) is 5.75 Å². The van der Waals surface area contributed by atoms with Crippen molar-refractivity contribution in [2.24, 2.45) is 0 Å². The largest absolute Gasteiger partial charge is 0.494 e. The van der Waals surface area contributed by atoms with E-state index < -0.39 is 6.10 Å². The zero-order valence-corrected chi connectivity index (χ0v) is 13.7. The van der Waals surface area contributed by atoms with Gasteiger partial charge in [0.15, 0.2) is 0 Å². The van der Waals surface area contributed by atoms with Crippen molar-refractivity contribution >= 4 is 17.2 Å². The number of nitrogens with one attached hydrogen (secondary N) is 1. The van der Waals surface area contributed by atoms with Crippen LogP contribution >= 0.6 is 11.3 Å². The third-order valence-electron chi connectivity index (χ3n) is 2.97. The maximum atomic E-state index is 12.1. The smallest absolute Gasteiger partial charge is 0.263 e. The molecule has 0 radical (unpaired) electrons. The molecule has 1 heterocycles. The second-order valence-electron chi connectivity index (χ2n) is 4.95. The Morgan fingerprint density at radius 1 is 1.41 bits per heavy atom. The van der Waals surface area contributed by atoms with Crippen molar-refractivity contribution in [2.45, 2.75) is 26.9 Å². The second kappa shape index (κ2) is 7.38. The highest BCUT2D eigenvalue weighted by atomic mass is 32.1. The fourth-order valence-electron chi connectivity index (χ4n) is 1.91. The van der Waals surface area contributed by atoms with E-state index in [1.54, 1.807) is 6.92 Å². The summed E-state index contributed by atoms with van der Waals surface area (Å²) in [6, 6.07) is 7.65. The predicted molar refractivity (Wildman–Crippen MR) is 87.5 cm³/mol. The van der Waals surface area contributed by atoms with Crippen LogP contribution in [0.15, 0.2) is 24.3 Å². The molecule has 0 fully saturated rings. The summed E-state index contributed by atoms with van der Waals surface area (Å²) >= 11 is 1.35. The van der Waals surface area contributed by atoms with E-state index in [9.17, 15) is 9.90 Å². The van der Waals surface area contributed by atoms with Crippen molar-refractivity contribution in [3.05, 3.63) is 34.8 Å². The Balaban J connectivity index is 2.16. The Kier molecular flexibility index (Phi) is 5.51. The number of rotatable bonds is 6. The van der Waals surface area contributed by atoms with Gasteiger partial charge in [-0.3, -0.25) is 4.79 Å². The average Bonchev–Trinajstić information content (AvgIpc) is 2.88. The van der Waals surface area contributed by atoms with Crippen molar-refractivity contribution in [3.63, 3.8) is 0 Å². The van der Waals surface area contributed by atoms with Gasteiger partial charge < -0.3 is 15.2 Å². The lowest BCUT2D eigenvalue weighted by atomic mass is 10.2. The number of thiazole rings is 1. The number of benzene rings is 1. The second-order valence-corrected chi connectivity index (χ2v) is 5.95. The first-order chi connectivity index (χ1) is 10.5. The van der Waals surface area contributed by atoms with Crippen LogP contribution in [0.4, 0.5) is 0 Å². The van der Waals surface area contributed by atoms with Gasteiger partial charge in [0.2, 0.25) is 0 Å². The fourth-order valence-corrected chi connectivity index (χ4v) is 2.90. The van der Waals surface area contributed by atoms with E-state index in [2.05, 4.69) is 10.3 Å². The maximum Gasteiger partial charge on any atom is 0.263 e. The molecule has 118 valence electrons. The van der Waals surface area contributed by atoms with Gasteiger partial charge in [-0.1, -0.05) is 0 Å². The molecule has 2 N–H and O–H groups in total. The normalized spacial score (nSPS) is 12.0. The van der Waals surface area contributed by atoms with Crippen molar-refractivity contribution < 1.29 is 14.6 Å². The van der Waals surface area contributed by atoms with Crippen LogP contribution in [-0.2, 0) is 0 Å². The molecular formula is C16H20N2O3S. The molecule has 1 aromatic carbocycles. The van der Waals surface area contributed by atoms with Gasteiger partial charge in [-0.15, -0.1) is 11.3 Å². The number of aliphatic hydroxyl groups is 1. The van der Waals surface area contributed by atoms with Crippen LogP contribution in [0.1, 0.15) is 29.2 Å². The van der Waals surface area contributed by atoms with Gasteiger partial charge in [-0.05, 0) is 45.0 Å². The Morgan fingerprint density at radius 3 is 2.68 bits per heavy atom. The number of hydrogen-bond donors (Lipinski definition) is 2. The number of nitrogens with zero attached hydrogens (tertiary/aromatic N) is 1. The van der Waals surface area contributed by atoms with Gasteiger partial charge in [0.25, 0.3) is 5.91 Å². The van der Waals surface area contributed by atoms with E-state index in [4.69, 9.17) is 4.74 Å². The molecule has 1 unspecified atom stereocenters. The molecule has 5 nitrogen and oxygen atoms in total. The van der Waals surface area contributed by atoms with Gasteiger partial charge in [0, 0.05) is 12.1 Å². The summed E-state index contributed by atoms with van der Waals surface area (Å²) in [6.07, 6.45) is -0.567. The number of hydrogen-bond acceptors (Lipinski definition) is 5. The minimum absolute atomic E-state index is 0.201. The molecule has 6 heteroatoms.